The molecule has 2 rings (SSSR count). The fourth-order valence-electron chi connectivity index (χ4n) is 1.29. The van der Waals surface area contributed by atoms with Crippen molar-refractivity contribution in [1.29, 1.82) is 0 Å². The van der Waals surface area contributed by atoms with Gasteiger partial charge in [0.1, 0.15) is 11.6 Å². The molecule has 0 N–H and O–H groups in total. The second kappa shape index (κ2) is 5.10. The molecule has 1 heterocycles. The van der Waals surface area contributed by atoms with E-state index in [9.17, 15) is 13.6 Å². The summed E-state index contributed by atoms with van der Waals surface area (Å²) in [6.45, 7) is 0. The van der Waals surface area contributed by atoms with E-state index in [2.05, 4.69) is 4.98 Å². The van der Waals surface area contributed by atoms with Crippen LogP contribution < -0.4 is 4.74 Å². The van der Waals surface area contributed by atoms with E-state index in [4.69, 9.17) is 16.3 Å². The maximum absolute atomic E-state index is 12.9. The third-order valence-electron chi connectivity index (χ3n) is 1.99. The Balaban J connectivity index is 2.22. The molecule has 2 aromatic rings. The number of nitrogens with zero attached hydrogens (tertiary/aromatic N) is 1. The lowest BCUT2D eigenvalue weighted by Crippen LogP contribution is -2.09. The highest BCUT2D eigenvalue weighted by Gasteiger charge is 2.12. The van der Waals surface area contributed by atoms with Crippen molar-refractivity contribution in [2.45, 2.75) is 0 Å². The van der Waals surface area contributed by atoms with Gasteiger partial charge < -0.3 is 4.74 Å². The molecule has 1 aromatic carbocycles. The molecule has 0 unspecified atom stereocenters. The van der Waals surface area contributed by atoms with Gasteiger partial charge in [0.25, 0.3) is 0 Å². The van der Waals surface area contributed by atoms with Crippen molar-refractivity contribution in [2.75, 3.05) is 0 Å². The molecular weight excluding hydrogens is 264 g/mol. The zero-order valence-electron chi connectivity index (χ0n) is 8.86. The minimum Gasteiger partial charge on any atom is -0.421 e. The van der Waals surface area contributed by atoms with Crippen molar-refractivity contribution < 1.29 is 18.3 Å². The van der Waals surface area contributed by atoms with E-state index in [1.54, 1.807) is 0 Å². The van der Waals surface area contributed by atoms with Crippen LogP contribution in [0.3, 0.4) is 0 Å². The van der Waals surface area contributed by atoms with Crippen molar-refractivity contribution >= 4 is 17.6 Å². The Morgan fingerprint density at radius 2 is 1.78 bits per heavy atom. The largest absolute Gasteiger partial charge is 0.421 e. The Morgan fingerprint density at radius 1 is 1.11 bits per heavy atom. The predicted octanol–water partition coefficient (Wildman–Crippen LogP) is 3.23. The molecule has 92 valence electrons. The summed E-state index contributed by atoms with van der Waals surface area (Å²) in [6.07, 6.45) is 2.63. The van der Waals surface area contributed by atoms with E-state index in [1.165, 1.54) is 18.5 Å². The number of esters is 1. The highest BCUT2D eigenvalue weighted by atomic mass is 35.5. The van der Waals surface area contributed by atoms with Gasteiger partial charge in [0.05, 0.1) is 16.8 Å². The van der Waals surface area contributed by atoms with Gasteiger partial charge in [-0.1, -0.05) is 11.6 Å². The van der Waals surface area contributed by atoms with E-state index in [1.807, 2.05) is 0 Å². The van der Waals surface area contributed by atoms with E-state index in [-0.39, 0.29) is 16.3 Å². The van der Waals surface area contributed by atoms with Gasteiger partial charge in [0.15, 0.2) is 5.75 Å². The smallest absolute Gasteiger partial charge is 0.343 e. The van der Waals surface area contributed by atoms with Crippen LogP contribution in [0.15, 0.2) is 36.7 Å². The first-order valence-electron chi connectivity index (χ1n) is 4.83. The van der Waals surface area contributed by atoms with Gasteiger partial charge in [-0.25, -0.2) is 13.6 Å². The molecule has 0 aliphatic carbocycles. The van der Waals surface area contributed by atoms with Crippen LogP contribution in [-0.4, -0.2) is 11.0 Å². The van der Waals surface area contributed by atoms with Crippen LogP contribution >= 0.6 is 11.6 Å². The summed E-state index contributed by atoms with van der Waals surface area (Å²) in [5.74, 6) is -2.51. The van der Waals surface area contributed by atoms with Gasteiger partial charge >= 0.3 is 5.97 Å². The predicted molar refractivity (Wildman–Crippen MR) is 60.6 cm³/mol. The van der Waals surface area contributed by atoms with Crippen molar-refractivity contribution in [2.24, 2.45) is 0 Å². The maximum atomic E-state index is 12.9. The van der Waals surface area contributed by atoms with Gasteiger partial charge in [-0.05, 0) is 12.1 Å². The number of aromatic nitrogens is 1. The normalized spacial score (nSPS) is 10.2. The summed E-state index contributed by atoms with van der Waals surface area (Å²) < 4.78 is 30.7. The molecule has 0 aliphatic rings. The Morgan fingerprint density at radius 3 is 2.39 bits per heavy atom. The zero-order valence-corrected chi connectivity index (χ0v) is 9.62. The molecule has 0 atom stereocenters. The van der Waals surface area contributed by atoms with Gasteiger partial charge in [-0.15, -0.1) is 0 Å². The van der Waals surface area contributed by atoms with Crippen molar-refractivity contribution in [1.82, 2.24) is 4.98 Å². The average molecular weight is 270 g/mol. The number of benzene rings is 1. The van der Waals surface area contributed by atoms with Crippen LogP contribution in [0.25, 0.3) is 0 Å². The number of hydrogen-bond acceptors (Lipinski definition) is 3. The summed E-state index contributed by atoms with van der Waals surface area (Å²) in [4.78, 5) is 15.3. The number of carbonyl (C=O) groups is 1. The van der Waals surface area contributed by atoms with Gasteiger partial charge in [-0.3, -0.25) is 4.98 Å². The Kier molecular flexibility index (Phi) is 3.53. The van der Waals surface area contributed by atoms with E-state index in [0.29, 0.717) is 6.07 Å². The van der Waals surface area contributed by atoms with Crippen molar-refractivity contribution in [3.8, 4) is 5.75 Å². The quantitative estimate of drug-likeness (QED) is 0.786. The third kappa shape index (κ3) is 3.01. The van der Waals surface area contributed by atoms with Crippen molar-refractivity contribution in [3.05, 3.63) is 58.9 Å². The standard InChI is InChI=1S/C12H6ClF2NO2/c13-8-3-11(6-16-5-8)18-12(17)7-1-9(14)4-10(15)2-7/h1-6H. The second-order valence-electron chi connectivity index (χ2n) is 3.39. The fraction of sp³-hybridized carbons (Fsp3) is 0. The molecule has 0 radical (unpaired) electrons. The maximum Gasteiger partial charge on any atom is 0.343 e. The van der Waals surface area contributed by atoms with Crippen LogP contribution in [-0.2, 0) is 0 Å². The van der Waals surface area contributed by atoms with E-state index < -0.39 is 17.6 Å². The first kappa shape index (κ1) is 12.4. The monoisotopic (exact) mass is 269 g/mol. The fourth-order valence-corrected chi connectivity index (χ4v) is 1.45. The van der Waals surface area contributed by atoms with E-state index in [0.717, 1.165) is 12.1 Å². The first-order valence-corrected chi connectivity index (χ1v) is 5.21. The molecule has 0 saturated carbocycles. The molecule has 0 fully saturated rings. The molecule has 3 nitrogen and oxygen atoms in total. The summed E-state index contributed by atoms with van der Waals surface area (Å²) in [5.41, 5.74) is -0.229. The molecule has 0 bridgehead atoms. The summed E-state index contributed by atoms with van der Waals surface area (Å²) >= 11 is 5.65. The van der Waals surface area contributed by atoms with Gasteiger partial charge in [0, 0.05) is 18.3 Å². The third-order valence-corrected chi connectivity index (χ3v) is 2.20. The highest BCUT2D eigenvalue weighted by Crippen LogP contribution is 2.17. The zero-order chi connectivity index (χ0) is 13.1. The second-order valence-corrected chi connectivity index (χ2v) is 3.82. The SMILES string of the molecule is O=C(Oc1cncc(Cl)c1)c1cc(F)cc(F)c1. The van der Waals surface area contributed by atoms with E-state index >= 15 is 0 Å². The van der Waals surface area contributed by atoms with Crippen LogP contribution in [0, 0.1) is 11.6 Å². The lowest BCUT2D eigenvalue weighted by Gasteiger charge is -2.04. The topological polar surface area (TPSA) is 39.2 Å². The minimum absolute atomic E-state index is 0.0946. The molecule has 0 aliphatic heterocycles. The summed E-state index contributed by atoms with van der Waals surface area (Å²) in [5, 5.41) is 0.283. The number of ether oxygens (including phenoxy) is 1. The van der Waals surface area contributed by atoms with Gasteiger partial charge in [-0.2, -0.15) is 0 Å². The number of carbonyl (C=O) groups excluding carboxylic acids is 1. The molecule has 0 spiro atoms. The van der Waals surface area contributed by atoms with Crippen LogP contribution in [0.1, 0.15) is 10.4 Å². The molecule has 1 aromatic heterocycles. The average Bonchev–Trinajstić information content (AvgIpc) is 2.27. The first-order chi connectivity index (χ1) is 8.54. The van der Waals surface area contributed by atoms with Crippen LogP contribution in [0.4, 0.5) is 8.78 Å². The number of rotatable bonds is 2. The molecular formula is C12H6ClF2NO2. The minimum atomic E-state index is -0.891. The molecule has 6 heteroatoms. The number of halogens is 3. The molecule has 18 heavy (non-hydrogen) atoms. The number of hydrogen-bond donors (Lipinski definition) is 0. The molecule has 0 saturated heterocycles. The van der Waals surface area contributed by atoms with Crippen molar-refractivity contribution in [3.63, 3.8) is 0 Å². The number of pyridine rings is 1. The Hall–Kier alpha value is -2.01. The van der Waals surface area contributed by atoms with Gasteiger partial charge in [0.2, 0.25) is 0 Å². The van der Waals surface area contributed by atoms with Crippen LogP contribution in [0.2, 0.25) is 5.02 Å². The Labute approximate surface area is 106 Å². The lowest BCUT2D eigenvalue weighted by molar-refractivity contribution is 0.0733. The van der Waals surface area contributed by atoms with Crippen LogP contribution in [0.5, 0.6) is 5.75 Å². The summed E-state index contributed by atoms with van der Waals surface area (Å²) in [6, 6.07) is 3.78. The summed E-state index contributed by atoms with van der Waals surface area (Å²) in [7, 11) is 0. The lowest BCUT2D eigenvalue weighted by atomic mass is 10.2. The Bertz CT molecular complexity index is 584. The highest BCUT2D eigenvalue weighted by molar-refractivity contribution is 6.30. The molecule has 0 amide bonds.